The molecule has 6 nitrogen and oxygen atoms in total. The molecule has 5 rings (SSSR count). The number of benzene rings is 3. The Balaban J connectivity index is 1.63. The predicted octanol–water partition coefficient (Wildman–Crippen LogP) is 7.49. The minimum absolute atomic E-state index is 0.0384. The van der Waals surface area contributed by atoms with E-state index in [1.807, 2.05) is 55.1 Å². The first kappa shape index (κ1) is 28.3. The Morgan fingerprint density at radius 1 is 1.02 bits per heavy atom. The Hall–Kier alpha value is -4.21. The Bertz CT molecular complexity index is 1610. The molecule has 210 valence electrons. The highest BCUT2D eigenvalue weighted by Crippen LogP contribution is 2.51. The van der Waals surface area contributed by atoms with Crippen molar-refractivity contribution < 1.29 is 14.3 Å². The van der Waals surface area contributed by atoms with Crippen molar-refractivity contribution in [1.29, 1.82) is 5.26 Å². The van der Waals surface area contributed by atoms with Crippen LogP contribution in [0.2, 0.25) is 5.02 Å². The van der Waals surface area contributed by atoms with Crippen LogP contribution in [0.4, 0.5) is 5.69 Å². The van der Waals surface area contributed by atoms with Crippen molar-refractivity contribution in [1.82, 2.24) is 0 Å². The summed E-state index contributed by atoms with van der Waals surface area (Å²) < 4.78 is 11.4. The van der Waals surface area contributed by atoms with Crippen molar-refractivity contribution >= 4 is 23.1 Å². The van der Waals surface area contributed by atoms with E-state index < -0.39 is 5.92 Å². The van der Waals surface area contributed by atoms with Crippen LogP contribution in [0.25, 0.3) is 0 Å². The van der Waals surface area contributed by atoms with Crippen LogP contribution >= 0.6 is 11.6 Å². The van der Waals surface area contributed by atoms with Gasteiger partial charge in [-0.1, -0.05) is 37.6 Å². The average Bonchev–Trinajstić information content (AvgIpc) is 2.92. The molecule has 2 aliphatic rings. The molecule has 0 radical (unpaired) electrons. The zero-order valence-electron chi connectivity index (χ0n) is 24.0. The van der Waals surface area contributed by atoms with E-state index in [0.29, 0.717) is 41.4 Å². The number of allylic oxidation sites excluding steroid dienone is 3. The molecule has 0 saturated heterocycles. The van der Waals surface area contributed by atoms with E-state index >= 15 is 0 Å². The van der Waals surface area contributed by atoms with E-state index in [1.54, 1.807) is 19.2 Å². The summed E-state index contributed by atoms with van der Waals surface area (Å²) in [4.78, 5) is 15.8. The summed E-state index contributed by atoms with van der Waals surface area (Å²) in [5, 5.41) is 11.1. The van der Waals surface area contributed by atoms with Gasteiger partial charge in [0.05, 0.1) is 24.7 Å². The minimum Gasteiger partial charge on any atom is -0.497 e. The van der Waals surface area contributed by atoms with Gasteiger partial charge in [0.15, 0.2) is 5.78 Å². The lowest BCUT2D eigenvalue weighted by molar-refractivity contribution is -0.118. The number of hydrogen-bond donors (Lipinski definition) is 1. The van der Waals surface area contributed by atoms with Gasteiger partial charge >= 0.3 is 0 Å². The molecule has 0 amide bonds. The maximum Gasteiger partial charge on any atom is 0.162 e. The Morgan fingerprint density at radius 3 is 2.32 bits per heavy atom. The molecule has 0 saturated carbocycles. The molecular weight excluding hydrogens is 534 g/mol. The number of halogens is 1. The number of methoxy groups -OCH3 is 1. The Labute approximate surface area is 246 Å². The fourth-order valence-corrected chi connectivity index (χ4v) is 6.05. The van der Waals surface area contributed by atoms with Crippen LogP contribution in [0.1, 0.15) is 54.9 Å². The largest absolute Gasteiger partial charge is 0.497 e. The number of anilines is 1. The van der Waals surface area contributed by atoms with Gasteiger partial charge in [0, 0.05) is 28.4 Å². The van der Waals surface area contributed by atoms with Crippen molar-refractivity contribution in [2.45, 2.75) is 53.1 Å². The van der Waals surface area contributed by atoms with Gasteiger partial charge in [-0.2, -0.15) is 5.26 Å². The van der Waals surface area contributed by atoms with E-state index in [9.17, 15) is 10.1 Å². The van der Waals surface area contributed by atoms with Crippen LogP contribution in [0.15, 0.2) is 83.3 Å². The van der Waals surface area contributed by atoms with Crippen molar-refractivity contribution in [2.75, 3.05) is 12.0 Å². The summed E-state index contributed by atoms with van der Waals surface area (Å²) in [5.74, 6) is 1.29. The highest BCUT2D eigenvalue weighted by atomic mass is 35.5. The molecule has 2 N–H and O–H groups in total. The van der Waals surface area contributed by atoms with Gasteiger partial charge in [0.2, 0.25) is 0 Å². The molecule has 41 heavy (non-hydrogen) atoms. The lowest BCUT2D eigenvalue weighted by Gasteiger charge is -2.44. The predicted molar refractivity (Wildman–Crippen MR) is 162 cm³/mol. The molecule has 1 atom stereocenters. The van der Waals surface area contributed by atoms with Crippen LogP contribution in [0.5, 0.6) is 11.5 Å². The topological polar surface area (TPSA) is 88.6 Å². The van der Waals surface area contributed by atoms with Gasteiger partial charge in [-0.3, -0.25) is 9.69 Å². The molecule has 7 heteroatoms. The van der Waals surface area contributed by atoms with Crippen molar-refractivity contribution in [2.24, 2.45) is 11.1 Å². The summed E-state index contributed by atoms with van der Waals surface area (Å²) in [7, 11) is 1.63. The van der Waals surface area contributed by atoms with E-state index in [0.717, 1.165) is 45.1 Å². The third-order valence-electron chi connectivity index (χ3n) is 7.96. The smallest absolute Gasteiger partial charge is 0.162 e. The highest BCUT2D eigenvalue weighted by molar-refractivity contribution is 6.30. The van der Waals surface area contributed by atoms with Gasteiger partial charge in [-0.15, -0.1) is 0 Å². The van der Waals surface area contributed by atoms with E-state index in [1.165, 1.54) is 0 Å². The van der Waals surface area contributed by atoms with Gasteiger partial charge in [0.25, 0.3) is 0 Å². The SMILES string of the molecule is COc1ccc(OCc2cc(C3C(C#N)=C(N)N(c4ccc(Cl)cc4)C4=C3C(=O)CC(C)(C)C4)c(C)cc2C)cc1. The fraction of sp³-hybridized carbons (Fsp3) is 0.294. The number of rotatable bonds is 6. The first-order chi connectivity index (χ1) is 19.5. The van der Waals surface area contributed by atoms with Crippen molar-refractivity contribution in [3.05, 3.63) is 111 Å². The van der Waals surface area contributed by atoms with Crippen LogP contribution in [-0.4, -0.2) is 12.9 Å². The normalized spacial score (nSPS) is 18.2. The average molecular weight is 568 g/mol. The van der Waals surface area contributed by atoms with Gasteiger partial charge in [0.1, 0.15) is 23.9 Å². The Morgan fingerprint density at radius 2 is 1.68 bits per heavy atom. The van der Waals surface area contributed by atoms with Gasteiger partial charge in [-0.05, 0) is 96.5 Å². The number of nitrogens with zero attached hydrogens (tertiary/aromatic N) is 2. The summed E-state index contributed by atoms with van der Waals surface area (Å²) >= 11 is 6.18. The van der Waals surface area contributed by atoms with E-state index in [-0.39, 0.29) is 11.2 Å². The molecule has 1 unspecified atom stereocenters. The maximum absolute atomic E-state index is 13.9. The molecule has 0 fully saturated rings. The second kappa shape index (κ2) is 11.0. The number of Topliss-reactive ketones (excluding diaryl/α,β-unsaturated/α-hetero) is 1. The second-order valence-corrected chi connectivity index (χ2v) is 12.0. The molecule has 1 aliphatic carbocycles. The monoisotopic (exact) mass is 567 g/mol. The number of hydrogen-bond acceptors (Lipinski definition) is 6. The lowest BCUT2D eigenvalue weighted by atomic mass is 9.68. The fourth-order valence-electron chi connectivity index (χ4n) is 5.92. The molecule has 1 heterocycles. The van der Waals surface area contributed by atoms with Crippen LogP contribution in [0.3, 0.4) is 0 Å². The van der Waals surface area contributed by atoms with E-state index in [4.69, 9.17) is 26.8 Å². The third-order valence-corrected chi connectivity index (χ3v) is 8.21. The van der Waals surface area contributed by atoms with Crippen LogP contribution in [0, 0.1) is 30.6 Å². The standard InChI is InChI=1S/C34H34ClN3O3/c1-20-14-21(2)27(15-22(20)19-41-26-12-10-25(40-5)11-13-26)31-28(18-36)33(37)38(24-8-6-23(35)7-9-24)29-16-34(3,4)17-30(39)32(29)31/h6-15,31H,16-17,19,37H2,1-5H3. The Kier molecular flexibility index (Phi) is 7.59. The number of ether oxygens (including phenoxy) is 2. The number of carbonyl (C=O) groups is 1. The molecule has 0 spiro atoms. The molecule has 0 bridgehead atoms. The highest BCUT2D eigenvalue weighted by Gasteiger charge is 2.45. The molecular formula is C34H34ClN3O3. The summed E-state index contributed by atoms with van der Waals surface area (Å²) in [6.45, 7) is 8.58. The zero-order valence-corrected chi connectivity index (χ0v) is 24.8. The van der Waals surface area contributed by atoms with Crippen molar-refractivity contribution in [3.63, 3.8) is 0 Å². The number of ketones is 1. The third kappa shape index (κ3) is 5.42. The number of aryl methyl sites for hydroxylation is 2. The summed E-state index contributed by atoms with van der Waals surface area (Å²) in [5.41, 5.74) is 13.1. The second-order valence-electron chi connectivity index (χ2n) is 11.6. The molecule has 1 aliphatic heterocycles. The number of nitriles is 1. The summed E-state index contributed by atoms with van der Waals surface area (Å²) in [6.07, 6.45) is 1.04. The maximum atomic E-state index is 13.9. The molecule has 3 aromatic rings. The van der Waals surface area contributed by atoms with Gasteiger partial charge < -0.3 is 15.2 Å². The number of nitrogens with two attached hydrogens (primary N) is 1. The minimum atomic E-state index is -0.567. The van der Waals surface area contributed by atoms with Crippen LogP contribution < -0.4 is 20.1 Å². The van der Waals surface area contributed by atoms with E-state index in [2.05, 4.69) is 32.0 Å². The van der Waals surface area contributed by atoms with Crippen molar-refractivity contribution in [3.8, 4) is 17.6 Å². The lowest BCUT2D eigenvalue weighted by Crippen LogP contribution is -2.42. The number of carbonyl (C=O) groups excluding carboxylic acids is 1. The van der Waals surface area contributed by atoms with Gasteiger partial charge in [-0.25, -0.2) is 0 Å². The first-order valence-electron chi connectivity index (χ1n) is 13.6. The molecule has 0 aromatic heterocycles. The summed E-state index contributed by atoms with van der Waals surface area (Å²) in [6, 6.07) is 21.3. The first-order valence-corrected chi connectivity index (χ1v) is 14.0. The zero-order chi connectivity index (χ0) is 29.5. The van der Waals surface area contributed by atoms with Crippen LogP contribution in [-0.2, 0) is 11.4 Å². The quantitative estimate of drug-likeness (QED) is 0.332. The molecule has 3 aromatic carbocycles.